The molecular formula is C14H23NO2S. The second kappa shape index (κ2) is 6.90. The van der Waals surface area contributed by atoms with E-state index in [1.54, 1.807) is 13.4 Å². The summed E-state index contributed by atoms with van der Waals surface area (Å²) in [6.07, 6.45) is 1.74. The number of rotatable bonds is 6. The van der Waals surface area contributed by atoms with Gasteiger partial charge >= 0.3 is 0 Å². The molecule has 0 amide bonds. The first-order chi connectivity index (χ1) is 8.45. The molecule has 4 heteroatoms. The Kier molecular flexibility index (Phi) is 5.82. The van der Waals surface area contributed by atoms with Crippen molar-refractivity contribution in [1.29, 1.82) is 0 Å². The minimum atomic E-state index is -0.788. The lowest BCUT2D eigenvalue weighted by atomic mass is 10.0. The van der Waals surface area contributed by atoms with E-state index in [0.717, 1.165) is 17.9 Å². The van der Waals surface area contributed by atoms with E-state index in [4.69, 9.17) is 4.74 Å². The van der Waals surface area contributed by atoms with E-state index < -0.39 is 10.8 Å². The lowest BCUT2D eigenvalue weighted by Gasteiger charge is -2.19. The summed E-state index contributed by atoms with van der Waals surface area (Å²) in [7, 11) is 0.897. The van der Waals surface area contributed by atoms with Crippen molar-refractivity contribution < 1.29 is 8.95 Å². The predicted octanol–water partition coefficient (Wildman–Crippen LogP) is 2.42. The van der Waals surface area contributed by atoms with Crippen LogP contribution < -0.4 is 10.1 Å². The molecule has 3 unspecified atom stereocenters. The topological polar surface area (TPSA) is 38.3 Å². The lowest BCUT2D eigenvalue weighted by Crippen LogP contribution is -2.29. The van der Waals surface area contributed by atoms with Gasteiger partial charge in [0.2, 0.25) is 0 Å². The fourth-order valence-electron chi connectivity index (χ4n) is 1.76. The number of nitrogens with one attached hydrogen (secondary N) is 1. The van der Waals surface area contributed by atoms with Crippen molar-refractivity contribution >= 4 is 10.8 Å². The molecule has 1 aromatic rings. The van der Waals surface area contributed by atoms with Gasteiger partial charge in [-0.15, -0.1) is 0 Å². The van der Waals surface area contributed by atoms with Gasteiger partial charge < -0.3 is 10.1 Å². The van der Waals surface area contributed by atoms with Crippen LogP contribution in [0.2, 0.25) is 0 Å². The van der Waals surface area contributed by atoms with E-state index >= 15 is 0 Å². The van der Waals surface area contributed by atoms with Crippen molar-refractivity contribution in [2.75, 3.05) is 19.9 Å². The molecule has 1 rings (SSSR count). The summed E-state index contributed by atoms with van der Waals surface area (Å²) >= 11 is 0. The zero-order valence-corrected chi connectivity index (χ0v) is 12.6. The van der Waals surface area contributed by atoms with Crippen molar-refractivity contribution in [3.63, 3.8) is 0 Å². The Morgan fingerprint density at radius 3 is 2.61 bits per heavy atom. The summed E-state index contributed by atoms with van der Waals surface area (Å²) in [5.74, 6) is 0.894. The average Bonchev–Trinajstić information content (AvgIpc) is 2.35. The van der Waals surface area contributed by atoms with Crippen LogP contribution in [-0.4, -0.2) is 29.4 Å². The van der Waals surface area contributed by atoms with Crippen molar-refractivity contribution in [3.8, 4) is 5.75 Å². The average molecular weight is 269 g/mol. The van der Waals surface area contributed by atoms with E-state index in [1.807, 2.05) is 19.1 Å². The third-order valence-corrected chi connectivity index (χ3v) is 4.43. The van der Waals surface area contributed by atoms with Crippen LogP contribution >= 0.6 is 0 Å². The molecular weight excluding hydrogens is 246 g/mol. The molecule has 3 nitrogen and oxygen atoms in total. The Balaban J connectivity index is 2.74. The molecule has 0 radical (unpaired) electrons. The molecule has 3 atom stereocenters. The van der Waals surface area contributed by atoms with E-state index in [9.17, 15) is 4.21 Å². The van der Waals surface area contributed by atoms with Crippen LogP contribution in [0.5, 0.6) is 5.75 Å². The van der Waals surface area contributed by atoms with E-state index in [-0.39, 0.29) is 11.3 Å². The highest BCUT2D eigenvalue weighted by atomic mass is 32.2. The largest absolute Gasteiger partial charge is 0.496 e. The number of benzene rings is 1. The molecule has 1 N–H and O–H groups in total. The zero-order valence-electron chi connectivity index (χ0n) is 11.8. The molecule has 0 aliphatic heterocycles. The van der Waals surface area contributed by atoms with E-state index in [1.165, 1.54) is 5.56 Å². The Morgan fingerprint density at radius 2 is 2.06 bits per heavy atom. The highest BCUT2D eigenvalue weighted by molar-refractivity contribution is 7.84. The third-order valence-electron chi connectivity index (χ3n) is 3.13. The van der Waals surface area contributed by atoms with Gasteiger partial charge in [-0.2, -0.15) is 0 Å². The normalized spacial score (nSPS) is 16.1. The van der Waals surface area contributed by atoms with Crippen LogP contribution in [0.3, 0.4) is 0 Å². The summed E-state index contributed by atoms with van der Waals surface area (Å²) in [5.41, 5.74) is 2.36. The first-order valence-electron chi connectivity index (χ1n) is 6.15. The number of methoxy groups -OCH3 is 1. The number of hydrogen-bond acceptors (Lipinski definition) is 3. The fraction of sp³-hybridized carbons (Fsp3) is 0.571. The van der Waals surface area contributed by atoms with Crippen LogP contribution in [-0.2, 0) is 10.8 Å². The number of ether oxygens (including phenoxy) is 1. The molecule has 102 valence electrons. The summed E-state index contributed by atoms with van der Waals surface area (Å²) in [6.45, 7) is 6.90. The maximum Gasteiger partial charge on any atom is 0.123 e. The van der Waals surface area contributed by atoms with E-state index in [0.29, 0.717) is 0 Å². The van der Waals surface area contributed by atoms with Crippen molar-refractivity contribution in [2.45, 2.75) is 32.1 Å². The van der Waals surface area contributed by atoms with Gasteiger partial charge in [-0.3, -0.25) is 4.21 Å². The summed E-state index contributed by atoms with van der Waals surface area (Å²) in [4.78, 5) is 0. The first-order valence-corrected chi connectivity index (χ1v) is 7.78. The van der Waals surface area contributed by atoms with Gasteiger partial charge in [-0.25, -0.2) is 0 Å². The van der Waals surface area contributed by atoms with Gasteiger partial charge in [-0.1, -0.05) is 17.7 Å². The Labute approximate surface area is 112 Å². The van der Waals surface area contributed by atoms with Crippen LogP contribution in [0.15, 0.2) is 18.2 Å². The van der Waals surface area contributed by atoms with Gasteiger partial charge in [-0.05, 0) is 26.8 Å². The molecule has 0 spiro atoms. The molecule has 0 heterocycles. The molecule has 0 aliphatic rings. The Hall–Kier alpha value is -0.870. The van der Waals surface area contributed by atoms with Crippen LogP contribution in [0.25, 0.3) is 0 Å². The maximum absolute atomic E-state index is 11.3. The van der Waals surface area contributed by atoms with Gasteiger partial charge in [0.05, 0.1) is 7.11 Å². The second-order valence-corrected chi connectivity index (χ2v) is 6.49. The maximum atomic E-state index is 11.3. The van der Waals surface area contributed by atoms with Crippen LogP contribution in [0.1, 0.15) is 31.0 Å². The van der Waals surface area contributed by atoms with Gasteiger partial charge in [0.1, 0.15) is 5.75 Å². The highest BCUT2D eigenvalue weighted by Gasteiger charge is 2.13. The molecule has 0 aromatic heterocycles. The van der Waals surface area contributed by atoms with Gasteiger partial charge in [0.15, 0.2) is 0 Å². The lowest BCUT2D eigenvalue weighted by molar-refractivity contribution is 0.401. The smallest absolute Gasteiger partial charge is 0.123 e. The van der Waals surface area contributed by atoms with Crippen molar-refractivity contribution in [3.05, 3.63) is 29.3 Å². The van der Waals surface area contributed by atoms with Gasteiger partial charge in [0, 0.05) is 40.5 Å². The standard InChI is InChI=1S/C14H23NO2S/c1-10-6-7-14(17-4)13(8-10)12(3)15-9-11(2)18(5)16/h6-8,11-12,15H,9H2,1-5H3. The monoisotopic (exact) mass is 269 g/mol. The molecule has 0 saturated carbocycles. The molecule has 0 saturated heterocycles. The molecule has 18 heavy (non-hydrogen) atoms. The van der Waals surface area contributed by atoms with Crippen molar-refractivity contribution in [1.82, 2.24) is 5.32 Å². The Morgan fingerprint density at radius 1 is 1.39 bits per heavy atom. The number of hydrogen-bond donors (Lipinski definition) is 1. The van der Waals surface area contributed by atoms with Gasteiger partial charge in [0.25, 0.3) is 0 Å². The minimum Gasteiger partial charge on any atom is -0.496 e. The summed E-state index contributed by atoms with van der Waals surface area (Å²) in [5, 5.41) is 3.56. The van der Waals surface area contributed by atoms with E-state index in [2.05, 4.69) is 25.2 Å². The molecule has 1 aromatic carbocycles. The minimum absolute atomic E-state index is 0.156. The Bertz CT molecular complexity index is 420. The first kappa shape index (κ1) is 15.2. The molecule has 0 fully saturated rings. The van der Waals surface area contributed by atoms with Crippen LogP contribution in [0.4, 0.5) is 0 Å². The quantitative estimate of drug-likeness (QED) is 0.862. The van der Waals surface area contributed by atoms with Crippen LogP contribution in [0, 0.1) is 6.92 Å². The second-order valence-electron chi connectivity index (χ2n) is 4.68. The third kappa shape index (κ3) is 4.10. The van der Waals surface area contributed by atoms with Crippen molar-refractivity contribution in [2.24, 2.45) is 0 Å². The number of aryl methyl sites for hydroxylation is 1. The SMILES string of the molecule is COc1ccc(C)cc1C(C)NCC(C)S(C)=O. The predicted molar refractivity (Wildman–Crippen MR) is 77.7 cm³/mol. The summed E-state index contributed by atoms with van der Waals surface area (Å²) in [6, 6.07) is 6.35. The molecule has 0 aliphatic carbocycles. The summed E-state index contributed by atoms with van der Waals surface area (Å²) < 4.78 is 16.7. The highest BCUT2D eigenvalue weighted by Crippen LogP contribution is 2.25. The fourth-order valence-corrected chi connectivity index (χ4v) is 2.09. The molecule has 0 bridgehead atoms. The zero-order chi connectivity index (χ0) is 13.7.